The fourth-order valence-corrected chi connectivity index (χ4v) is 3.77. The molecule has 2 aliphatic rings. The smallest absolute Gasteiger partial charge is 0.341 e. The summed E-state index contributed by atoms with van der Waals surface area (Å²) < 4.78 is 16.4. The fraction of sp³-hybridized carbons (Fsp3) is 0.526. The Hall–Kier alpha value is -2.03. The largest absolute Gasteiger partial charge is 0.477 e. The van der Waals surface area contributed by atoms with E-state index in [1.54, 1.807) is 4.57 Å². The third-order valence-corrected chi connectivity index (χ3v) is 5.62. The summed E-state index contributed by atoms with van der Waals surface area (Å²) in [6.07, 6.45) is 5.13. The quantitative estimate of drug-likeness (QED) is 0.783. The van der Waals surface area contributed by atoms with Gasteiger partial charge in [0.2, 0.25) is 5.43 Å². The van der Waals surface area contributed by atoms with Gasteiger partial charge in [-0.25, -0.2) is 14.2 Å². The predicted molar refractivity (Wildman–Crippen MR) is 105 cm³/mol. The summed E-state index contributed by atoms with van der Waals surface area (Å²) in [7, 11) is 0. The van der Waals surface area contributed by atoms with Gasteiger partial charge in [0, 0.05) is 18.8 Å². The number of piperidine rings is 1. The number of pyridine rings is 2. The zero-order valence-corrected chi connectivity index (χ0v) is 16.3. The lowest BCUT2D eigenvalue weighted by atomic mass is 9.97. The summed E-state index contributed by atoms with van der Waals surface area (Å²) in [6.45, 7) is 2.73. The van der Waals surface area contributed by atoms with Gasteiger partial charge in [0.15, 0.2) is 0 Å². The number of hydrogen-bond donors (Lipinski definition) is 2. The molecule has 2 fully saturated rings. The molecule has 1 aliphatic heterocycles. The first-order valence-corrected chi connectivity index (χ1v) is 9.38. The summed E-state index contributed by atoms with van der Waals surface area (Å²) in [5, 5.41) is 9.32. The molecule has 0 unspecified atom stereocenters. The summed E-state index contributed by atoms with van der Waals surface area (Å²) in [6, 6.07) is 1.27. The molecule has 0 bridgehead atoms. The summed E-state index contributed by atoms with van der Waals surface area (Å²) in [5.41, 5.74) is 5.37. The molecule has 3 heterocycles. The van der Waals surface area contributed by atoms with Crippen molar-refractivity contribution in [2.24, 2.45) is 11.7 Å². The Morgan fingerprint density at radius 3 is 2.54 bits per heavy atom. The highest BCUT2D eigenvalue weighted by molar-refractivity contribution is 5.91. The minimum absolute atomic E-state index is 0. The first-order chi connectivity index (χ1) is 13.0. The monoisotopic (exact) mass is 410 g/mol. The Morgan fingerprint density at radius 1 is 1.29 bits per heavy atom. The van der Waals surface area contributed by atoms with Crippen LogP contribution < -0.4 is 11.2 Å². The van der Waals surface area contributed by atoms with Crippen LogP contribution in [0, 0.1) is 11.7 Å². The topological polar surface area (TPSA) is 101 Å². The van der Waals surface area contributed by atoms with Crippen LogP contribution in [0.4, 0.5) is 4.39 Å². The van der Waals surface area contributed by atoms with Gasteiger partial charge in [0.25, 0.3) is 0 Å². The van der Waals surface area contributed by atoms with Gasteiger partial charge in [-0.15, -0.1) is 12.4 Å². The number of rotatable bonds is 5. The molecular weight excluding hydrogens is 387 g/mol. The molecule has 1 saturated heterocycles. The van der Waals surface area contributed by atoms with Crippen molar-refractivity contribution in [3.8, 4) is 0 Å². The number of halogens is 2. The number of carboxylic acid groups (broad SMARTS) is 1. The molecule has 9 heteroatoms. The highest BCUT2D eigenvalue weighted by Crippen LogP contribution is 2.36. The number of fused-ring (bicyclic) bond motifs is 1. The number of nitrogens with two attached hydrogens (primary N) is 1. The Labute approximate surface area is 167 Å². The minimum atomic E-state index is -1.30. The number of nitrogens with zero attached hydrogens (tertiary/aromatic N) is 3. The molecule has 7 nitrogen and oxygen atoms in total. The second-order valence-corrected chi connectivity index (χ2v) is 7.56. The van der Waals surface area contributed by atoms with E-state index in [2.05, 4.69) is 9.88 Å². The van der Waals surface area contributed by atoms with Crippen molar-refractivity contribution in [3.05, 3.63) is 39.6 Å². The zero-order chi connectivity index (χ0) is 19.1. The van der Waals surface area contributed by atoms with Crippen LogP contribution in [0.2, 0.25) is 0 Å². The normalized spacial score (nSPS) is 18.2. The molecule has 152 valence electrons. The van der Waals surface area contributed by atoms with Gasteiger partial charge in [-0.1, -0.05) is 0 Å². The fourth-order valence-electron chi connectivity index (χ4n) is 3.77. The standard InChI is InChI=1S/C19H23FN4O3.ClH/c20-15-7-13-17(25)14(19(26)27)9-24(12-1-2-12)18(13)22-16(15)10-23-5-3-11(8-21)4-6-23;/h7,9,11-12H,1-6,8,10,21H2,(H,26,27);1H. The molecule has 0 atom stereocenters. The van der Waals surface area contributed by atoms with Crippen molar-refractivity contribution < 1.29 is 14.3 Å². The number of aromatic nitrogens is 2. The summed E-state index contributed by atoms with van der Waals surface area (Å²) >= 11 is 0. The molecule has 1 aliphatic carbocycles. The Kier molecular flexibility index (Phi) is 6.02. The molecule has 2 aromatic rings. The Balaban J connectivity index is 0.00000225. The predicted octanol–water partition coefficient (Wildman–Crippen LogP) is 2.16. The van der Waals surface area contributed by atoms with Gasteiger partial charge >= 0.3 is 5.97 Å². The van der Waals surface area contributed by atoms with Gasteiger partial charge in [-0.05, 0) is 57.3 Å². The van der Waals surface area contributed by atoms with E-state index in [1.165, 1.54) is 6.20 Å². The second-order valence-electron chi connectivity index (χ2n) is 7.56. The Bertz CT molecular complexity index is 952. The highest BCUT2D eigenvalue weighted by atomic mass is 35.5. The van der Waals surface area contributed by atoms with E-state index in [1.807, 2.05) is 0 Å². The van der Waals surface area contributed by atoms with Crippen molar-refractivity contribution >= 4 is 29.4 Å². The molecule has 0 amide bonds. The number of hydrogen-bond acceptors (Lipinski definition) is 5. The van der Waals surface area contributed by atoms with E-state index in [9.17, 15) is 19.1 Å². The van der Waals surface area contributed by atoms with Crippen LogP contribution >= 0.6 is 12.4 Å². The van der Waals surface area contributed by atoms with E-state index >= 15 is 0 Å². The zero-order valence-electron chi connectivity index (χ0n) is 15.4. The van der Waals surface area contributed by atoms with Crippen molar-refractivity contribution in [1.29, 1.82) is 0 Å². The van der Waals surface area contributed by atoms with Crippen LogP contribution in [0.1, 0.15) is 47.8 Å². The molecular formula is C19H24ClFN4O3. The average Bonchev–Trinajstić information content (AvgIpc) is 3.49. The minimum Gasteiger partial charge on any atom is -0.477 e. The highest BCUT2D eigenvalue weighted by Gasteiger charge is 2.28. The molecule has 28 heavy (non-hydrogen) atoms. The maximum absolute atomic E-state index is 14.7. The first-order valence-electron chi connectivity index (χ1n) is 9.38. The maximum Gasteiger partial charge on any atom is 0.341 e. The molecule has 3 N–H and O–H groups in total. The number of carbonyl (C=O) groups is 1. The molecule has 0 spiro atoms. The van der Waals surface area contributed by atoms with Gasteiger partial charge in [-0.2, -0.15) is 0 Å². The lowest BCUT2D eigenvalue weighted by Crippen LogP contribution is -2.36. The molecule has 4 rings (SSSR count). The molecule has 0 aromatic carbocycles. The summed E-state index contributed by atoms with van der Waals surface area (Å²) in [4.78, 5) is 30.5. The lowest BCUT2D eigenvalue weighted by molar-refractivity contribution is 0.0695. The van der Waals surface area contributed by atoms with E-state index in [0.717, 1.165) is 44.8 Å². The number of likely N-dealkylation sites (tertiary alicyclic amines) is 1. The third kappa shape index (κ3) is 3.90. The van der Waals surface area contributed by atoms with Crippen LogP contribution in [0.5, 0.6) is 0 Å². The van der Waals surface area contributed by atoms with Crippen molar-refractivity contribution in [2.45, 2.75) is 38.3 Å². The van der Waals surface area contributed by atoms with Gasteiger partial charge in [0.05, 0.1) is 11.1 Å². The van der Waals surface area contributed by atoms with Crippen LogP contribution in [0.25, 0.3) is 11.0 Å². The molecule has 0 radical (unpaired) electrons. The van der Waals surface area contributed by atoms with Crippen LogP contribution in [0.3, 0.4) is 0 Å². The third-order valence-electron chi connectivity index (χ3n) is 5.62. The van der Waals surface area contributed by atoms with Crippen molar-refractivity contribution in [2.75, 3.05) is 19.6 Å². The van der Waals surface area contributed by atoms with Crippen LogP contribution in [-0.4, -0.2) is 45.2 Å². The van der Waals surface area contributed by atoms with E-state index in [-0.39, 0.29) is 29.4 Å². The van der Waals surface area contributed by atoms with Crippen molar-refractivity contribution in [3.63, 3.8) is 0 Å². The molecule has 1 saturated carbocycles. The van der Waals surface area contributed by atoms with E-state index < -0.39 is 17.2 Å². The SMILES string of the molecule is Cl.NCC1CCN(Cc2nc3c(cc2F)c(=O)c(C(=O)O)cn3C2CC2)CC1. The lowest BCUT2D eigenvalue weighted by Gasteiger charge is -2.31. The van der Waals surface area contributed by atoms with Crippen LogP contribution in [-0.2, 0) is 6.54 Å². The van der Waals surface area contributed by atoms with Gasteiger partial charge in [-0.3, -0.25) is 9.69 Å². The van der Waals surface area contributed by atoms with Crippen LogP contribution in [0.15, 0.2) is 17.1 Å². The number of carboxylic acids is 1. The number of aromatic carboxylic acids is 1. The average molecular weight is 411 g/mol. The van der Waals surface area contributed by atoms with E-state index in [0.29, 0.717) is 30.3 Å². The van der Waals surface area contributed by atoms with Gasteiger partial charge < -0.3 is 15.4 Å². The first kappa shape index (κ1) is 20.7. The van der Waals surface area contributed by atoms with Gasteiger partial charge in [0.1, 0.15) is 17.0 Å². The maximum atomic E-state index is 14.7. The molecule has 2 aromatic heterocycles. The Morgan fingerprint density at radius 2 is 1.96 bits per heavy atom. The second kappa shape index (κ2) is 8.14. The van der Waals surface area contributed by atoms with Crippen molar-refractivity contribution in [1.82, 2.24) is 14.5 Å². The summed E-state index contributed by atoms with van der Waals surface area (Å²) in [5.74, 6) is -1.35. The van der Waals surface area contributed by atoms with E-state index in [4.69, 9.17) is 5.73 Å².